The Bertz CT molecular complexity index is 586. The molecule has 23 heavy (non-hydrogen) atoms. The molecule has 2 N–H and O–H groups in total. The molecule has 1 saturated heterocycles. The average Bonchev–Trinajstić information content (AvgIpc) is 2.56. The number of nitrogens with zero attached hydrogens (tertiary/aromatic N) is 2. The number of anilines is 1. The second-order valence-electron chi connectivity index (χ2n) is 5.38. The summed E-state index contributed by atoms with van der Waals surface area (Å²) in [6.45, 7) is 1.32. The van der Waals surface area contributed by atoms with Crippen LogP contribution in [0.4, 0.5) is 10.5 Å². The maximum absolute atomic E-state index is 12.0. The molecule has 1 aliphatic heterocycles. The van der Waals surface area contributed by atoms with Gasteiger partial charge in [-0.25, -0.2) is 4.79 Å². The SMILES string of the molecule is COCC(=O)N1CCC(NC(=O)Nc2ccc(C#N)cc2)CC1. The first-order valence-corrected chi connectivity index (χ1v) is 7.46. The number of ether oxygens (including phenoxy) is 1. The van der Waals surface area contributed by atoms with Crippen LogP contribution in [0.25, 0.3) is 0 Å². The van der Waals surface area contributed by atoms with Gasteiger partial charge >= 0.3 is 6.03 Å². The van der Waals surface area contributed by atoms with E-state index in [2.05, 4.69) is 10.6 Å². The van der Waals surface area contributed by atoms with Crippen molar-refractivity contribution in [3.63, 3.8) is 0 Å². The van der Waals surface area contributed by atoms with E-state index in [0.29, 0.717) is 24.3 Å². The number of piperidine rings is 1. The first-order chi connectivity index (χ1) is 11.1. The molecule has 7 heteroatoms. The van der Waals surface area contributed by atoms with Crippen LogP contribution in [-0.4, -0.2) is 49.7 Å². The summed E-state index contributed by atoms with van der Waals surface area (Å²) in [5.41, 5.74) is 1.18. The topological polar surface area (TPSA) is 94.5 Å². The fourth-order valence-corrected chi connectivity index (χ4v) is 2.47. The maximum atomic E-state index is 12.0. The third-order valence-corrected chi connectivity index (χ3v) is 3.72. The van der Waals surface area contributed by atoms with Crippen LogP contribution in [-0.2, 0) is 9.53 Å². The molecule has 0 radical (unpaired) electrons. The Labute approximate surface area is 135 Å². The maximum Gasteiger partial charge on any atom is 0.319 e. The molecule has 0 spiro atoms. The van der Waals surface area contributed by atoms with Crippen LogP contribution < -0.4 is 10.6 Å². The van der Waals surface area contributed by atoms with Crippen LogP contribution in [0.1, 0.15) is 18.4 Å². The summed E-state index contributed by atoms with van der Waals surface area (Å²) in [5, 5.41) is 14.4. The van der Waals surface area contributed by atoms with Crippen LogP contribution in [0.15, 0.2) is 24.3 Å². The highest BCUT2D eigenvalue weighted by atomic mass is 16.5. The Kier molecular flexibility index (Phi) is 5.94. The minimum absolute atomic E-state index is 0.0204. The van der Waals surface area contributed by atoms with Crippen molar-refractivity contribution >= 4 is 17.6 Å². The smallest absolute Gasteiger partial charge is 0.319 e. The van der Waals surface area contributed by atoms with E-state index in [-0.39, 0.29) is 24.6 Å². The monoisotopic (exact) mass is 316 g/mol. The number of nitriles is 1. The number of amides is 3. The Morgan fingerprint density at radius 1 is 1.30 bits per heavy atom. The molecule has 1 aromatic rings. The molecule has 1 heterocycles. The van der Waals surface area contributed by atoms with Crippen LogP contribution in [0.3, 0.4) is 0 Å². The molecule has 0 atom stereocenters. The lowest BCUT2D eigenvalue weighted by Gasteiger charge is -2.32. The number of rotatable bonds is 4. The first-order valence-electron chi connectivity index (χ1n) is 7.46. The van der Waals surface area contributed by atoms with E-state index in [9.17, 15) is 9.59 Å². The van der Waals surface area contributed by atoms with Gasteiger partial charge in [0, 0.05) is 31.9 Å². The number of carbonyl (C=O) groups excluding carboxylic acids is 2. The fraction of sp³-hybridized carbons (Fsp3) is 0.438. The van der Waals surface area contributed by atoms with Crippen molar-refractivity contribution in [2.45, 2.75) is 18.9 Å². The van der Waals surface area contributed by atoms with E-state index >= 15 is 0 Å². The zero-order valence-electron chi connectivity index (χ0n) is 13.0. The molecule has 7 nitrogen and oxygen atoms in total. The van der Waals surface area contributed by atoms with Gasteiger partial charge < -0.3 is 20.3 Å². The molecule has 1 aromatic carbocycles. The number of benzene rings is 1. The van der Waals surface area contributed by atoms with Crippen molar-refractivity contribution in [3.8, 4) is 6.07 Å². The fourth-order valence-electron chi connectivity index (χ4n) is 2.47. The summed E-state index contributed by atoms with van der Waals surface area (Å²) in [6, 6.07) is 8.45. The van der Waals surface area contributed by atoms with E-state index < -0.39 is 0 Å². The first kappa shape index (κ1) is 16.8. The second-order valence-corrected chi connectivity index (χ2v) is 5.38. The summed E-state index contributed by atoms with van der Waals surface area (Å²) < 4.78 is 4.84. The summed E-state index contributed by atoms with van der Waals surface area (Å²) >= 11 is 0. The van der Waals surface area contributed by atoms with E-state index in [4.69, 9.17) is 10.00 Å². The van der Waals surface area contributed by atoms with E-state index in [1.54, 1.807) is 29.2 Å². The number of hydrogen-bond acceptors (Lipinski definition) is 4. The minimum atomic E-state index is -0.281. The minimum Gasteiger partial charge on any atom is -0.375 e. The second kappa shape index (κ2) is 8.15. The molecule has 0 bridgehead atoms. The molecular weight excluding hydrogens is 296 g/mol. The lowest BCUT2D eigenvalue weighted by Crippen LogP contribution is -2.48. The van der Waals surface area contributed by atoms with Gasteiger partial charge in [0.1, 0.15) is 6.61 Å². The van der Waals surface area contributed by atoms with Crippen molar-refractivity contribution < 1.29 is 14.3 Å². The molecule has 122 valence electrons. The number of hydrogen-bond donors (Lipinski definition) is 2. The third-order valence-electron chi connectivity index (χ3n) is 3.72. The van der Waals surface area contributed by atoms with E-state index in [1.807, 2.05) is 6.07 Å². The zero-order chi connectivity index (χ0) is 16.7. The lowest BCUT2D eigenvalue weighted by atomic mass is 10.1. The number of nitrogens with one attached hydrogen (secondary N) is 2. The van der Waals surface area contributed by atoms with Crippen molar-refractivity contribution in [3.05, 3.63) is 29.8 Å². The number of methoxy groups -OCH3 is 1. The third kappa shape index (κ3) is 4.97. The largest absolute Gasteiger partial charge is 0.375 e. The lowest BCUT2D eigenvalue weighted by molar-refractivity contribution is -0.136. The normalized spacial score (nSPS) is 14.9. The molecule has 2 rings (SSSR count). The highest BCUT2D eigenvalue weighted by Gasteiger charge is 2.23. The van der Waals surface area contributed by atoms with Crippen LogP contribution in [0.2, 0.25) is 0 Å². The molecule has 1 fully saturated rings. The Morgan fingerprint density at radius 2 is 1.96 bits per heavy atom. The van der Waals surface area contributed by atoms with Crippen LogP contribution in [0.5, 0.6) is 0 Å². The van der Waals surface area contributed by atoms with E-state index in [0.717, 1.165) is 12.8 Å². The van der Waals surface area contributed by atoms with Gasteiger partial charge in [-0.2, -0.15) is 5.26 Å². The Morgan fingerprint density at radius 3 is 2.52 bits per heavy atom. The molecule has 0 saturated carbocycles. The molecule has 0 unspecified atom stereocenters. The molecule has 1 aliphatic rings. The molecular formula is C16H20N4O3. The molecule has 0 aliphatic carbocycles. The summed E-state index contributed by atoms with van der Waals surface area (Å²) in [5.74, 6) is -0.0204. The van der Waals surface area contributed by atoms with Gasteiger partial charge in [0.05, 0.1) is 11.6 Å². The van der Waals surface area contributed by atoms with Crippen molar-refractivity contribution in [1.29, 1.82) is 5.26 Å². The van der Waals surface area contributed by atoms with Gasteiger partial charge in [-0.15, -0.1) is 0 Å². The predicted molar refractivity (Wildman–Crippen MR) is 84.8 cm³/mol. The van der Waals surface area contributed by atoms with E-state index in [1.165, 1.54) is 7.11 Å². The quantitative estimate of drug-likeness (QED) is 0.876. The van der Waals surface area contributed by atoms with Crippen molar-refractivity contribution in [2.24, 2.45) is 0 Å². The highest BCUT2D eigenvalue weighted by Crippen LogP contribution is 2.12. The number of urea groups is 1. The summed E-state index contributed by atoms with van der Waals surface area (Å²) in [4.78, 5) is 25.4. The number of likely N-dealkylation sites (tertiary alicyclic amines) is 1. The average molecular weight is 316 g/mol. The van der Waals surface area contributed by atoms with Gasteiger partial charge in [-0.3, -0.25) is 4.79 Å². The highest BCUT2D eigenvalue weighted by molar-refractivity contribution is 5.89. The van der Waals surface area contributed by atoms with Crippen molar-refractivity contribution in [1.82, 2.24) is 10.2 Å². The van der Waals surface area contributed by atoms with Gasteiger partial charge in [-0.05, 0) is 37.1 Å². The van der Waals surface area contributed by atoms with Crippen LogP contribution in [0, 0.1) is 11.3 Å². The Balaban J connectivity index is 1.76. The standard InChI is InChI=1S/C16H20N4O3/c1-23-11-15(21)20-8-6-14(7-9-20)19-16(22)18-13-4-2-12(10-17)3-5-13/h2-5,14H,6-9,11H2,1H3,(H2,18,19,22). The molecule has 3 amide bonds. The zero-order valence-corrected chi connectivity index (χ0v) is 13.0. The van der Waals surface area contributed by atoms with Gasteiger partial charge in [0.15, 0.2) is 0 Å². The predicted octanol–water partition coefficient (Wildman–Crippen LogP) is 1.32. The van der Waals surface area contributed by atoms with Crippen molar-refractivity contribution in [2.75, 3.05) is 32.1 Å². The number of carbonyl (C=O) groups is 2. The Hall–Kier alpha value is -2.59. The van der Waals surface area contributed by atoms with Gasteiger partial charge in [0.2, 0.25) is 5.91 Å². The summed E-state index contributed by atoms with van der Waals surface area (Å²) in [7, 11) is 1.50. The van der Waals surface area contributed by atoms with Crippen LogP contribution >= 0.6 is 0 Å². The molecule has 0 aromatic heterocycles. The van der Waals surface area contributed by atoms with Gasteiger partial charge in [-0.1, -0.05) is 0 Å². The van der Waals surface area contributed by atoms with Gasteiger partial charge in [0.25, 0.3) is 0 Å². The summed E-state index contributed by atoms with van der Waals surface area (Å²) in [6.07, 6.45) is 1.44.